The second-order valence-electron chi connectivity index (χ2n) is 3.82. The minimum atomic E-state index is -1.01. The molecule has 2 aromatic carbocycles. The van der Waals surface area contributed by atoms with E-state index in [4.69, 9.17) is 11.6 Å². The number of thioether (sulfide) groups is 1. The van der Waals surface area contributed by atoms with Crippen LogP contribution in [0.1, 0.15) is 10.4 Å². The molecular weight excluding hydrogens is 282 g/mol. The number of aromatic carboxylic acids is 1. The Hall–Kier alpha value is -1.65. The number of benzene rings is 2. The first-order chi connectivity index (χ1) is 9.11. The van der Waals surface area contributed by atoms with E-state index in [1.165, 1.54) is 6.07 Å². The van der Waals surface area contributed by atoms with Crippen LogP contribution in [0.4, 0.5) is 11.4 Å². The molecule has 0 aliphatic heterocycles. The molecule has 0 atom stereocenters. The second-order valence-corrected chi connectivity index (χ2v) is 5.10. The molecule has 0 saturated heterocycles. The minimum Gasteiger partial charge on any atom is -0.478 e. The quantitative estimate of drug-likeness (QED) is 0.815. The third-order valence-corrected chi connectivity index (χ3v) is 3.62. The Morgan fingerprint density at radius 1 is 1.21 bits per heavy atom. The number of hydrogen-bond donors (Lipinski definition) is 2. The van der Waals surface area contributed by atoms with Gasteiger partial charge in [0.2, 0.25) is 0 Å². The van der Waals surface area contributed by atoms with E-state index in [-0.39, 0.29) is 5.56 Å². The third kappa shape index (κ3) is 3.22. The zero-order valence-corrected chi connectivity index (χ0v) is 11.8. The Bertz CT molecular complexity index is 616. The van der Waals surface area contributed by atoms with Gasteiger partial charge < -0.3 is 10.4 Å². The molecule has 0 fully saturated rings. The Morgan fingerprint density at radius 3 is 2.63 bits per heavy atom. The predicted octanol–water partition coefficient (Wildman–Crippen LogP) is 4.50. The van der Waals surface area contributed by atoms with Gasteiger partial charge in [-0.3, -0.25) is 0 Å². The van der Waals surface area contributed by atoms with Gasteiger partial charge in [-0.1, -0.05) is 23.7 Å². The highest BCUT2D eigenvalue weighted by molar-refractivity contribution is 7.98. The summed E-state index contributed by atoms with van der Waals surface area (Å²) in [6.45, 7) is 0. The van der Waals surface area contributed by atoms with Gasteiger partial charge in [0, 0.05) is 9.92 Å². The van der Waals surface area contributed by atoms with Crippen LogP contribution in [-0.2, 0) is 0 Å². The number of carboxylic acids is 1. The maximum Gasteiger partial charge on any atom is 0.337 e. The van der Waals surface area contributed by atoms with Gasteiger partial charge in [0.25, 0.3) is 0 Å². The fourth-order valence-electron chi connectivity index (χ4n) is 1.70. The summed E-state index contributed by atoms with van der Waals surface area (Å²) in [6, 6.07) is 12.5. The molecule has 0 saturated carbocycles. The van der Waals surface area contributed by atoms with Crippen molar-refractivity contribution in [1.82, 2.24) is 0 Å². The lowest BCUT2D eigenvalue weighted by Gasteiger charge is -2.12. The topological polar surface area (TPSA) is 49.3 Å². The van der Waals surface area contributed by atoms with Gasteiger partial charge in [0.15, 0.2) is 0 Å². The van der Waals surface area contributed by atoms with Gasteiger partial charge in [0.05, 0.1) is 16.9 Å². The Labute approximate surface area is 120 Å². The van der Waals surface area contributed by atoms with Crippen molar-refractivity contribution < 1.29 is 9.90 Å². The fraction of sp³-hybridized carbons (Fsp3) is 0.0714. The summed E-state index contributed by atoms with van der Waals surface area (Å²) in [5, 5.41) is 12.7. The van der Waals surface area contributed by atoms with Crippen molar-refractivity contribution in [3.05, 3.63) is 53.1 Å². The number of rotatable bonds is 4. The summed E-state index contributed by atoms with van der Waals surface area (Å²) < 4.78 is 0. The van der Waals surface area contributed by atoms with Crippen LogP contribution in [0.3, 0.4) is 0 Å². The van der Waals surface area contributed by atoms with Crippen LogP contribution >= 0.6 is 23.4 Å². The van der Waals surface area contributed by atoms with Crippen LogP contribution < -0.4 is 5.32 Å². The van der Waals surface area contributed by atoms with Crippen molar-refractivity contribution in [2.24, 2.45) is 0 Å². The Kier molecular flexibility index (Phi) is 4.35. The van der Waals surface area contributed by atoms with E-state index in [0.29, 0.717) is 10.7 Å². The number of halogens is 1. The van der Waals surface area contributed by atoms with Crippen molar-refractivity contribution in [2.75, 3.05) is 11.6 Å². The molecule has 0 aromatic heterocycles. The first-order valence-electron chi connectivity index (χ1n) is 5.54. The molecular formula is C14H12ClNO2S. The molecule has 0 aliphatic carbocycles. The number of hydrogen-bond acceptors (Lipinski definition) is 3. The van der Waals surface area contributed by atoms with Crippen molar-refractivity contribution in [3.63, 3.8) is 0 Å². The molecule has 19 heavy (non-hydrogen) atoms. The zero-order chi connectivity index (χ0) is 13.8. The monoisotopic (exact) mass is 293 g/mol. The largest absolute Gasteiger partial charge is 0.478 e. The lowest BCUT2D eigenvalue weighted by atomic mass is 10.1. The predicted molar refractivity (Wildman–Crippen MR) is 79.9 cm³/mol. The summed E-state index contributed by atoms with van der Waals surface area (Å²) in [4.78, 5) is 12.3. The van der Waals surface area contributed by atoms with Crippen molar-refractivity contribution in [3.8, 4) is 0 Å². The lowest BCUT2D eigenvalue weighted by molar-refractivity contribution is 0.0698. The van der Waals surface area contributed by atoms with Crippen LogP contribution in [0.15, 0.2) is 47.4 Å². The highest BCUT2D eigenvalue weighted by Crippen LogP contribution is 2.30. The lowest BCUT2D eigenvalue weighted by Crippen LogP contribution is -2.03. The number of para-hydroxylation sites is 1. The van der Waals surface area contributed by atoms with Crippen LogP contribution in [0, 0.1) is 0 Å². The number of carboxylic acid groups (broad SMARTS) is 1. The SMILES string of the molecule is CSc1ccccc1Nc1ccc(Cl)cc1C(=O)O. The smallest absolute Gasteiger partial charge is 0.337 e. The third-order valence-electron chi connectivity index (χ3n) is 2.59. The zero-order valence-electron chi connectivity index (χ0n) is 10.2. The maximum atomic E-state index is 11.2. The molecule has 0 unspecified atom stereocenters. The van der Waals surface area contributed by atoms with E-state index in [1.807, 2.05) is 30.5 Å². The van der Waals surface area contributed by atoms with E-state index in [1.54, 1.807) is 23.9 Å². The van der Waals surface area contributed by atoms with Crippen LogP contribution in [0.2, 0.25) is 5.02 Å². The molecule has 0 spiro atoms. The molecule has 2 rings (SSSR count). The second kappa shape index (κ2) is 5.99. The summed E-state index contributed by atoms with van der Waals surface area (Å²) in [7, 11) is 0. The molecule has 0 heterocycles. The molecule has 98 valence electrons. The van der Waals surface area contributed by atoms with E-state index in [0.717, 1.165) is 10.6 Å². The maximum absolute atomic E-state index is 11.2. The number of carbonyl (C=O) groups is 1. The first-order valence-corrected chi connectivity index (χ1v) is 7.15. The summed E-state index contributed by atoms with van der Waals surface area (Å²) in [5.74, 6) is -1.01. The Balaban J connectivity index is 2.41. The van der Waals surface area contributed by atoms with Crippen molar-refractivity contribution >= 4 is 40.7 Å². The molecule has 0 amide bonds. The van der Waals surface area contributed by atoms with Crippen LogP contribution in [-0.4, -0.2) is 17.3 Å². The van der Waals surface area contributed by atoms with Gasteiger partial charge >= 0.3 is 5.97 Å². The molecule has 5 heteroatoms. The minimum absolute atomic E-state index is 0.156. The van der Waals surface area contributed by atoms with E-state index in [9.17, 15) is 9.90 Å². The van der Waals surface area contributed by atoms with Crippen molar-refractivity contribution in [2.45, 2.75) is 4.90 Å². The molecule has 0 bridgehead atoms. The molecule has 0 radical (unpaired) electrons. The highest BCUT2D eigenvalue weighted by Gasteiger charge is 2.12. The van der Waals surface area contributed by atoms with Crippen LogP contribution in [0.5, 0.6) is 0 Å². The standard InChI is InChI=1S/C14H12ClNO2S/c1-19-13-5-3-2-4-12(13)16-11-7-6-9(15)8-10(11)14(17)18/h2-8,16H,1H3,(H,17,18). The van der Waals surface area contributed by atoms with Gasteiger partial charge in [-0.2, -0.15) is 0 Å². The van der Waals surface area contributed by atoms with Crippen molar-refractivity contribution in [1.29, 1.82) is 0 Å². The van der Waals surface area contributed by atoms with Gasteiger partial charge in [-0.15, -0.1) is 11.8 Å². The van der Waals surface area contributed by atoms with Crippen LogP contribution in [0.25, 0.3) is 0 Å². The fourth-order valence-corrected chi connectivity index (χ4v) is 2.42. The van der Waals surface area contributed by atoms with E-state index < -0.39 is 5.97 Å². The van der Waals surface area contributed by atoms with Gasteiger partial charge in [-0.05, 0) is 36.6 Å². The number of anilines is 2. The number of nitrogens with one attached hydrogen (secondary N) is 1. The normalized spacial score (nSPS) is 10.2. The Morgan fingerprint density at radius 2 is 1.95 bits per heavy atom. The molecule has 2 aromatic rings. The average molecular weight is 294 g/mol. The van der Waals surface area contributed by atoms with E-state index >= 15 is 0 Å². The molecule has 0 aliphatic rings. The summed E-state index contributed by atoms with van der Waals surface area (Å²) >= 11 is 7.42. The van der Waals surface area contributed by atoms with E-state index in [2.05, 4.69) is 5.32 Å². The molecule has 3 nitrogen and oxygen atoms in total. The highest BCUT2D eigenvalue weighted by atomic mass is 35.5. The summed E-state index contributed by atoms with van der Waals surface area (Å²) in [5.41, 5.74) is 1.56. The average Bonchev–Trinajstić information content (AvgIpc) is 2.41. The van der Waals surface area contributed by atoms with Gasteiger partial charge in [-0.25, -0.2) is 4.79 Å². The summed E-state index contributed by atoms with van der Waals surface area (Å²) in [6.07, 6.45) is 1.97. The van der Waals surface area contributed by atoms with Gasteiger partial charge in [0.1, 0.15) is 0 Å². The first kappa shape index (κ1) is 13.8. The molecule has 2 N–H and O–H groups in total.